The number of hydrogen-bond acceptors (Lipinski definition) is 3. The Morgan fingerprint density at radius 2 is 1.32 bits per heavy atom. The van der Waals surface area contributed by atoms with Crippen molar-refractivity contribution in [3.05, 3.63) is 86.9 Å². The van der Waals surface area contributed by atoms with Gasteiger partial charge in [-0.3, -0.25) is 10.1 Å². The van der Waals surface area contributed by atoms with Crippen molar-refractivity contribution in [1.29, 1.82) is 0 Å². The highest BCUT2D eigenvalue weighted by Crippen LogP contribution is 2.39. The fourth-order valence-corrected chi connectivity index (χ4v) is 3.09. The summed E-state index contributed by atoms with van der Waals surface area (Å²) in [5.74, 6) is 0. The number of hydrogen-bond donors (Lipinski definition) is 0. The number of nitrogens with zero attached hydrogens (tertiary/aromatic N) is 1. The molecule has 2 aromatic carbocycles. The maximum absolute atomic E-state index is 11.7. The number of rotatable bonds is 4. The van der Waals surface area contributed by atoms with Crippen LogP contribution in [0.3, 0.4) is 0 Å². The van der Waals surface area contributed by atoms with E-state index in [0.717, 1.165) is 11.1 Å². The van der Waals surface area contributed by atoms with Crippen molar-refractivity contribution < 1.29 is 4.92 Å². The van der Waals surface area contributed by atoms with Gasteiger partial charge in [0.15, 0.2) is 0 Å². The molecular weight excluding hydrogens is 294 g/mol. The highest BCUT2D eigenvalue weighted by molar-refractivity contribution is 8.04. The molecule has 114 valence electrons. The van der Waals surface area contributed by atoms with Crippen LogP contribution < -0.4 is 0 Å². The second-order valence-electron chi connectivity index (χ2n) is 5.88. The predicted octanol–water partition coefficient (Wildman–Crippen LogP) is 5.21. The Hall–Kier alpha value is -2.07. The smallest absolute Gasteiger partial charge is 0.258 e. The third-order valence-electron chi connectivity index (χ3n) is 2.91. The minimum atomic E-state index is -0.273. The van der Waals surface area contributed by atoms with Crippen molar-refractivity contribution in [3.63, 3.8) is 0 Å². The summed E-state index contributed by atoms with van der Waals surface area (Å²) >= 11 is 1.29. The van der Waals surface area contributed by atoms with Crippen LogP contribution in [-0.2, 0) is 0 Å². The molecule has 0 unspecified atom stereocenters. The lowest BCUT2D eigenvalue weighted by atomic mass is 9.99. The summed E-state index contributed by atoms with van der Waals surface area (Å²) in [7, 11) is 0. The molecule has 0 aliphatic rings. The molecule has 0 saturated heterocycles. The van der Waals surface area contributed by atoms with Crippen LogP contribution in [-0.4, -0.2) is 9.67 Å². The fourth-order valence-electron chi connectivity index (χ4n) is 2.09. The normalized spacial score (nSPS) is 11.0. The first-order chi connectivity index (χ1) is 10.4. The molecule has 22 heavy (non-hydrogen) atoms. The molecule has 0 heterocycles. The molecule has 2 aromatic rings. The number of nitro groups is 1. The quantitative estimate of drug-likeness (QED) is 0.574. The molecule has 2 rings (SSSR count). The third-order valence-corrected chi connectivity index (χ3v) is 4.07. The van der Waals surface area contributed by atoms with Crippen molar-refractivity contribution in [2.24, 2.45) is 0 Å². The van der Waals surface area contributed by atoms with Crippen LogP contribution in [0.4, 0.5) is 0 Å². The first kappa shape index (κ1) is 16.3. The molecule has 4 heteroatoms. The topological polar surface area (TPSA) is 43.1 Å². The zero-order valence-corrected chi connectivity index (χ0v) is 13.8. The van der Waals surface area contributed by atoms with Gasteiger partial charge in [-0.1, -0.05) is 81.4 Å². The fraction of sp³-hybridized carbons (Fsp3) is 0.222. The number of benzene rings is 2. The van der Waals surface area contributed by atoms with E-state index in [0.29, 0.717) is 5.57 Å². The van der Waals surface area contributed by atoms with Crippen LogP contribution in [0.25, 0.3) is 5.57 Å². The molecule has 0 amide bonds. The third kappa shape index (κ3) is 4.21. The molecule has 0 fully saturated rings. The van der Waals surface area contributed by atoms with Crippen molar-refractivity contribution in [3.8, 4) is 0 Å². The second-order valence-corrected chi connectivity index (χ2v) is 7.70. The van der Waals surface area contributed by atoms with E-state index in [4.69, 9.17) is 0 Å². The Morgan fingerprint density at radius 3 is 1.64 bits per heavy atom. The van der Waals surface area contributed by atoms with Crippen LogP contribution >= 0.6 is 11.8 Å². The molecular formula is C18H19NO2S. The Labute approximate surface area is 135 Å². The van der Waals surface area contributed by atoms with Crippen molar-refractivity contribution >= 4 is 17.3 Å². The highest BCUT2D eigenvalue weighted by atomic mass is 32.2. The summed E-state index contributed by atoms with van der Waals surface area (Å²) in [5, 5.41) is 11.9. The van der Waals surface area contributed by atoms with Crippen molar-refractivity contribution in [1.82, 2.24) is 0 Å². The van der Waals surface area contributed by atoms with Gasteiger partial charge in [-0.05, 0) is 22.9 Å². The zero-order chi connectivity index (χ0) is 16.2. The summed E-state index contributed by atoms with van der Waals surface area (Å²) in [6.07, 6.45) is 0. The average molecular weight is 313 g/mol. The second kappa shape index (κ2) is 6.79. The Morgan fingerprint density at radius 1 is 0.909 bits per heavy atom. The van der Waals surface area contributed by atoms with Gasteiger partial charge in [0.25, 0.3) is 0 Å². The lowest BCUT2D eigenvalue weighted by Crippen LogP contribution is -2.12. The largest absolute Gasteiger partial charge is 0.312 e. The van der Waals surface area contributed by atoms with E-state index in [9.17, 15) is 10.1 Å². The van der Waals surface area contributed by atoms with Gasteiger partial charge in [-0.2, -0.15) is 0 Å². The molecule has 0 spiro atoms. The lowest BCUT2D eigenvalue weighted by molar-refractivity contribution is -0.409. The summed E-state index contributed by atoms with van der Waals surface area (Å²) in [6, 6.07) is 19.1. The maximum atomic E-state index is 11.7. The zero-order valence-electron chi connectivity index (χ0n) is 12.9. The Bertz CT molecular complexity index is 632. The van der Waals surface area contributed by atoms with E-state index < -0.39 is 0 Å². The summed E-state index contributed by atoms with van der Waals surface area (Å²) in [5.41, 5.74) is 2.39. The summed E-state index contributed by atoms with van der Waals surface area (Å²) < 4.78 is -0.239. The van der Waals surface area contributed by atoms with Gasteiger partial charge >= 0.3 is 5.03 Å². The van der Waals surface area contributed by atoms with Crippen molar-refractivity contribution in [2.45, 2.75) is 25.5 Å². The van der Waals surface area contributed by atoms with Gasteiger partial charge in [0.05, 0.1) is 10.5 Å². The first-order valence-electron chi connectivity index (χ1n) is 7.07. The standard InChI is InChI=1S/C18H19NO2S/c1-18(2,3)22-17(19(20)21)16(14-10-6-4-7-11-14)15-12-8-5-9-13-15/h4-13H,1-3H3. The number of thioether (sulfide) groups is 1. The molecule has 0 aliphatic heterocycles. The minimum absolute atomic E-state index is 0.185. The molecule has 0 atom stereocenters. The Balaban J connectivity index is 2.70. The lowest BCUT2D eigenvalue weighted by Gasteiger charge is -2.17. The van der Waals surface area contributed by atoms with Gasteiger partial charge in [-0.25, -0.2) is 0 Å². The van der Waals surface area contributed by atoms with Crippen LogP contribution in [0.2, 0.25) is 0 Å². The van der Waals surface area contributed by atoms with E-state index in [1.54, 1.807) is 0 Å². The van der Waals surface area contributed by atoms with Crippen LogP contribution in [0, 0.1) is 10.1 Å². The predicted molar refractivity (Wildman–Crippen MR) is 93.2 cm³/mol. The molecule has 0 aromatic heterocycles. The molecule has 0 radical (unpaired) electrons. The monoisotopic (exact) mass is 313 g/mol. The Kier molecular flexibility index (Phi) is 5.03. The van der Waals surface area contributed by atoms with Gasteiger partial charge < -0.3 is 0 Å². The van der Waals surface area contributed by atoms with Crippen LogP contribution in [0.1, 0.15) is 31.9 Å². The molecule has 0 N–H and O–H groups in total. The summed E-state index contributed by atoms with van der Waals surface area (Å²) in [6.45, 7) is 5.94. The van der Waals surface area contributed by atoms with Gasteiger partial charge in [0, 0.05) is 4.75 Å². The van der Waals surface area contributed by atoms with Crippen LogP contribution in [0.5, 0.6) is 0 Å². The average Bonchev–Trinajstić information content (AvgIpc) is 2.47. The summed E-state index contributed by atoms with van der Waals surface area (Å²) in [4.78, 5) is 11.4. The maximum Gasteiger partial charge on any atom is 0.312 e. The molecule has 0 saturated carbocycles. The highest BCUT2D eigenvalue weighted by Gasteiger charge is 2.28. The van der Waals surface area contributed by atoms with E-state index >= 15 is 0 Å². The molecule has 0 bridgehead atoms. The SMILES string of the molecule is CC(C)(C)SC(=C(c1ccccc1)c1ccccc1)[N+](=O)[O-]. The van der Waals surface area contributed by atoms with Gasteiger partial charge in [0.1, 0.15) is 0 Å². The van der Waals surface area contributed by atoms with Crippen molar-refractivity contribution in [2.75, 3.05) is 0 Å². The van der Waals surface area contributed by atoms with E-state index in [1.807, 2.05) is 81.4 Å². The van der Waals surface area contributed by atoms with E-state index in [-0.39, 0.29) is 14.7 Å². The van der Waals surface area contributed by atoms with Gasteiger partial charge in [0.2, 0.25) is 0 Å². The van der Waals surface area contributed by atoms with Gasteiger partial charge in [-0.15, -0.1) is 0 Å². The minimum Gasteiger partial charge on any atom is -0.258 e. The van der Waals surface area contributed by atoms with E-state index in [2.05, 4.69) is 0 Å². The first-order valence-corrected chi connectivity index (χ1v) is 7.88. The molecule has 3 nitrogen and oxygen atoms in total. The molecule has 0 aliphatic carbocycles. The van der Waals surface area contributed by atoms with Crippen LogP contribution in [0.15, 0.2) is 65.7 Å². The van der Waals surface area contributed by atoms with E-state index in [1.165, 1.54) is 11.8 Å².